The lowest BCUT2D eigenvalue weighted by Crippen LogP contribution is -2.37. The monoisotopic (exact) mass is 304 g/mol. The van der Waals surface area contributed by atoms with Gasteiger partial charge in [0.05, 0.1) is 6.10 Å². The van der Waals surface area contributed by atoms with Gasteiger partial charge in [0, 0.05) is 32.8 Å². The molecule has 1 saturated heterocycles. The lowest BCUT2D eigenvalue weighted by atomic mass is 10.1. The molecule has 0 aromatic carbocycles. The first-order valence-corrected chi connectivity index (χ1v) is 6.94. The van der Waals surface area contributed by atoms with E-state index in [-0.39, 0.29) is 12.1 Å². The molecule has 5 nitrogen and oxygen atoms in total. The fraction of sp³-hybridized carbons (Fsp3) is 0.692. The predicted molar refractivity (Wildman–Crippen MR) is 73.4 cm³/mol. The van der Waals surface area contributed by atoms with Crippen molar-refractivity contribution in [3.63, 3.8) is 0 Å². The van der Waals surface area contributed by atoms with Crippen LogP contribution in [0.2, 0.25) is 0 Å². The second-order valence-electron chi connectivity index (χ2n) is 4.82. The first-order valence-electron chi connectivity index (χ1n) is 6.94. The molecule has 1 aliphatic heterocycles. The van der Waals surface area contributed by atoms with E-state index in [9.17, 15) is 13.2 Å². The Morgan fingerprint density at radius 1 is 1.33 bits per heavy atom. The minimum atomic E-state index is -4.48. The molecule has 0 amide bonds. The Balaban J connectivity index is 2.16. The van der Waals surface area contributed by atoms with Crippen LogP contribution < -0.4 is 10.2 Å². The fourth-order valence-electron chi connectivity index (χ4n) is 2.34. The smallest absolute Gasteiger partial charge is 0.378 e. The predicted octanol–water partition coefficient (Wildman–Crippen LogP) is 2.54. The number of nitrogens with one attached hydrogen (secondary N) is 1. The summed E-state index contributed by atoms with van der Waals surface area (Å²) >= 11 is 0. The van der Waals surface area contributed by atoms with Gasteiger partial charge in [-0.3, -0.25) is 0 Å². The van der Waals surface area contributed by atoms with E-state index >= 15 is 0 Å². The number of halogens is 3. The summed E-state index contributed by atoms with van der Waals surface area (Å²) < 4.78 is 44.1. The molecule has 118 valence electrons. The largest absolute Gasteiger partial charge is 0.433 e. The minimum absolute atomic E-state index is 0.0215. The second kappa shape index (κ2) is 6.46. The maximum absolute atomic E-state index is 12.9. The molecule has 0 radical (unpaired) electrons. The van der Waals surface area contributed by atoms with Gasteiger partial charge in [-0.1, -0.05) is 0 Å². The summed E-state index contributed by atoms with van der Waals surface area (Å²) in [5, 5.41) is 2.57. The van der Waals surface area contributed by atoms with E-state index in [1.165, 1.54) is 7.05 Å². The van der Waals surface area contributed by atoms with E-state index in [0.717, 1.165) is 18.9 Å². The third-order valence-corrected chi connectivity index (χ3v) is 3.40. The van der Waals surface area contributed by atoms with Crippen molar-refractivity contribution in [1.29, 1.82) is 0 Å². The Hall–Kier alpha value is -1.57. The highest BCUT2D eigenvalue weighted by Crippen LogP contribution is 2.31. The SMILES string of the molecule is CCOC1CCN(c2cc(C(F)(F)F)nc(NC)n2)CC1. The zero-order valence-corrected chi connectivity index (χ0v) is 12.1. The molecule has 8 heteroatoms. The Morgan fingerprint density at radius 3 is 2.52 bits per heavy atom. The van der Waals surface area contributed by atoms with Gasteiger partial charge in [-0.2, -0.15) is 18.2 Å². The van der Waals surface area contributed by atoms with Crippen LogP contribution in [-0.2, 0) is 10.9 Å². The van der Waals surface area contributed by atoms with E-state index in [4.69, 9.17) is 4.74 Å². The van der Waals surface area contributed by atoms with E-state index in [0.29, 0.717) is 25.5 Å². The normalized spacial score (nSPS) is 17.1. The molecule has 1 fully saturated rings. The number of hydrogen-bond acceptors (Lipinski definition) is 5. The average Bonchev–Trinajstić information content (AvgIpc) is 2.47. The maximum atomic E-state index is 12.9. The summed E-state index contributed by atoms with van der Waals surface area (Å²) in [6.07, 6.45) is -2.73. The van der Waals surface area contributed by atoms with Crippen LogP contribution in [0.1, 0.15) is 25.5 Å². The number of nitrogens with zero attached hydrogens (tertiary/aromatic N) is 3. The molecular weight excluding hydrogens is 285 g/mol. The molecule has 0 atom stereocenters. The third kappa shape index (κ3) is 3.96. The van der Waals surface area contributed by atoms with E-state index < -0.39 is 11.9 Å². The summed E-state index contributed by atoms with van der Waals surface area (Å²) in [5.74, 6) is 0.281. The topological polar surface area (TPSA) is 50.3 Å². The van der Waals surface area contributed by atoms with Crippen molar-refractivity contribution < 1.29 is 17.9 Å². The molecule has 1 aromatic heterocycles. The van der Waals surface area contributed by atoms with Crippen molar-refractivity contribution in [2.75, 3.05) is 37.0 Å². The van der Waals surface area contributed by atoms with Crippen molar-refractivity contribution in [3.8, 4) is 0 Å². The Labute approximate surface area is 121 Å². The van der Waals surface area contributed by atoms with Crippen LogP contribution in [0.25, 0.3) is 0 Å². The molecule has 21 heavy (non-hydrogen) atoms. The van der Waals surface area contributed by atoms with Crippen LogP contribution in [0.4, 0.5) is 24.9 Å². The van der Waals surface area contributed by atoms with Gasteiger partial charge in [0.25, 0.3) is 0 Å². The summed E-state index contributed by atoms with van der Waals surface area (Å²) in [4.78, 5) is 9.43. The van der Waals surface area contributed by atoms with Gasteiger partial charge in [-0.15, -0.1) is 0 Å². The van der Waals surface area contributed by atoms with Gasteiger partial charge in [0.1, 0.15) is 5.82 Å². The number of alkyl halides is 3. The van der Waals surface area contributed by atoms with Crippen LogP contribution in [0.3, 0.4) is 0 Å². The van der Waals surface area contributed by atoms with E-state index in [1.54, 1.807) is 0 Å². The Bertz CT molecular complexity index is 473. The Kier molecular flexibility index (Phi) is 4.87. The van der Waals surface area contributed by atoms with Gasteiger partial charge < -0.3 is 15.0 Å². The number of rotatable bonds is 4. The fourth-order valence-corrected chi connectivity index (χ4v) is 2.34. The van der Waals surface area contributed by atoms with Crippen LogP contribution >= 0.6 is 0 Å². The Morgan fingerprint density at radius 2 is 2.00 bits per heavy atom. The third-order valence-electron chi connectivity index (χ3n) is 3.40. The molecule has 0 spiro atoms. The first kappa shape index (κ1) is 15.8. The van der Waals surface area contributed by atoms with Crippen molar-refractivity contribution in [2.45, 2.75) is 32.0 Å². The van der Waals surface area contributed by atoms with Gasteiger partial charge in [0.2, 0.25) is 5.95 Å². The van der Waals surface area contributed by atoms with Crippen LogP contribution in [0, 0.1) is 0 Å². The zero-order valence-electron chi connectivity index (χ0n) is 12.1. The van der Waals surface area contributed by atoms with E-state index in [1.807, 2.05) is 11.8 Å². The minimum Gasteiger partial charge on any atom is -0.378 e. The average molecular weight is 304 g/mol. The molecule has 0 aliphatic carbocycles. The van der Waals surface area contributed by atoms with Gasteiger partial charge in [-0.25, -0.2) is 4.98 Å². The number of piperidine rings is 1. The summed E-state index contributed by atoms with van der Waals surface area (Å²) in [7, 11) is 1.50. The molecule has 0 bridgehead atoms. The molecular formula is C13H19F3N4O. The first-order chi connectivity index (χ1) is 9.94. The highest BCUT2D eigenvalue weighted by atomic mass is 19.4. The molecule has 1 aromatic rings. The summed E-state index contributed by atoms with van der Waals surface area (Å²) in [6.45, 7) is 3.84. The molecule has 0 unspecified atom stereocenters. The highest BCUT2D eigenvalue weighted by Gasteiger charge is 2.34. The standard InChI is InChI=1S/C13H19F3N4O/c1-3-21-9-4-6-20(7-5-9)11-8-10(13(14,15)16)18-12(17-2)19-11/h8-9H,3-7H2,1-2H3,(H,17,18,19). The van der Waals surface area contributed by atoms with E-state index in [2.05, 4.69) is 15.3 Å². The number of anilines is 2. The van der Waals surface area contributed by atoms with Gasteiger partial charge >= 0.3 is 6.18 Å². The van der Waals surface area contributed by atoms with Crippen molar-refractivity contribution in [2.24, 2.45) is 0 Å². The maximum Gasteiger partial charge on any atom is 0.433 e. The lowest BCUT2D eigenvalue weighted by Gasteiger charge is -2.32. The van der Waals surface area contributed by atoms with Crippen molar-refractivity contribution in [3.05, 3.63) is 11.8 Å². The molecule has 1 N–H and O–H groups in total. The van der Waals surface area contributed by atoms with Crippen LogP contribution in [0.5, 0.6) is 0 Å². The van der Waals surface area contributed by atoms with Crippen molar-refractivity contribution in [1.82, 2.24) is 9.97 Å². The van der Waals surface area contributed by atoms with Gasteiger partial charge in [0.15, 0.2) is 5.69 Å². The second-order valence-corrected chi connectivity index (χ2v) is 4.82. The van der Waals surface area contributed by atoms with Gasteiger partial charge in [-0.05, 0) is 19.8 Å². The highest BCUT2D eigenvalue weighted by molar-refractivity contribution is 5.45. The summed E-state index contributed by atoms with van der Waals surface area (Å²) in [6, 6.07) is 1.00. The zero-order chi connectivity index (χ0) is 15.5. The number of ether oxygens (including phenoxy) is 1. The molecule has 1 aliphatic rings. The van der Waals surface area contributed by atoms with Crippen LogP contribution in [-0.4, -0.2) is 42.8 Å². The summed E-state index contributed by atoms with van der Waals surface area (Å²) in [5.41, 5.74) is -0.927. The number of hydrogen-bond donors (Lipinski definition) is 1. The van der Waals surface area contributed by atoms with Crippen molar-refractivity contribution >= 4 is 11.8 Å². The molecule has 0 saturated carbocycles. The number of aromatic nitrogens is 2. The van der Waals surface area contributed by atoms with Crippen LogP contribution in [0.15, 0.2) is 6.07 Å². The lowest BCUT2D eigenvalue weighted by molar-refractivity contribution is -0.141. The molecule has 2 rings (SSSR count). The quantitative estimate of drug-likeness (QED) is 0.926. The molecule has 2 heterocycles.